The van der Waals surface area contributed by atoms with Gasteiger partial charge in [0.1, 0.15) is 11.4 Å². The molecule has 4 aromatic rings. The topological polar surface area (TPSA) is 118 Å². The van der Waals surface area contributed by atoms with Gasteiger partial charge in [0, 0.05) is 29.2 Å². The number of aromatic hydroxyl groups is 1. The molecule has 2 N–H and O–H groups in total. The van der Waals surface area contributed by atoms with Gasteiger partial charge in [0.05, 0.1) is 16.6 Å². The Hall–Kier alpha value is -4.67. The minimum Gasteiger partial charge on any atom is -0.507 e. The molecule has 8 nitrogen and oxygen atoms in total. The van der Waals surface area contributed by atoms with Crippen LogP contribution in [0.25, 0.3) is 33.8 Å². The van der Waals surface area contributed by atoms with Crippen LogP contribution in [0, 0.1) is 10.1 Å². The van der Waals surface area contributed by atoms with E-state index in [-0.39, 0.29) is 52.4 Å². The summed E-state index contributed by atoms with van der Waals surface area (Å²) in [6.45, 7) is 1.93. The molecule has 4 rings (SSSR count). The molecule has 0 fully saturated rings. The average molecular weight is 525 g/mol. The number of nitro benzene ring substituents is 1. The Balaban J connectivity index is 1.81. The van der Waals surface area contributed by atoms with Gasteiger partial charge < -0.3 is 9.52 Å². The fourth-order valence-electron chi connectivity index (χ4n) is 3.83. The minimum absolute atomic E-state index is 0.0269. The van der Waals surface area contributed by atoms with Crippen molar-refractivity contribution < 1.29 is 32.4 Å². The third kappa shape index (κ3) is 5.66. The summed E-state index contributed by atoms with van der Waals surface area (Å²) in [5.41, 5.74) is 0.381. The number of unbranched alkanes of at least 4 members (excludes halogenated alkanes) is 1. The molecule has 1 amide bonds. The van der Waals surface area contributed by atoms with Crippen molar-refractivity contribution in [2.45, 2.75) is 32.4 Å². The molecular formula is C27H22F3N3O5. The first-order valence-electron chi connectivity index (χ1n) is 11.6. The smallest absolute Gasteiger partial charge is 0.416 e. The van der Waals surface area contributed by atoms with E-state index in [9.17, 15) is 33.2 Å². The molecule has 0 aliphatic rings. The number of aromatic nitrogens is 1. The highest BCUT2D eigenvalue weighted by Crippen LogP contribution is 2.41. The maximum absolute atomic E-state index is 13.1. The Bertz CT molecular complexity index is 1480. The maximum atomic E-state index is 13.1. The van der Waals surface area contributed by atoms with Crippen molar-refractivity contribution in [1.29, 1.82) is 0 Å². The van der Waals surface area contributed by atoms with E-state index in [1.54, 1.807) is 24.3 Å². The highest BCUT2D eigenvalue weighted by Gasteiger charge is 2.30. The lowest BCUT2D eigenvalue weighted by molar-refractivity contribution is -0.384. The van der Waals surface area contributed by atoms with Gasteiger partial charge in [-0.2, -0.15) is 13.2 Å². The number of alkyl halides is 3. The van der Waals surface area contributed by atoms with Crippen molar-refractivity contribution >= 4 is 17.5 Å². The number of nitrogens with zero attached hydrogens (tertiary/aromatic N) is 2. The highest BCUT2D eigenvalue weighted by molar-refractivity contribution is 5.94. The number of phenolic OH excluding ortho intramolecular Hbond substituents is 1. The highest BCUT2D eigenvalue weighted by atomic mass is 19.4. The summed E-state index contributed by atoms with van der Waals surface area (Å²) in [5.74, 6) is -0.694. The Morgan fingerprint density at radius 2 is 1.74 bits per heavy atom. The lowest BCUT2D eigenvalue weighted by Gasteiger charge is -2.09. The lowest BCUT2D eigenvalue weighted by atomic mass is 9.98. The van der Waals surface area contributed by atoms with Gasteiger partial charge in [-0.15, -0.1) is 0 Å². The van der Waals surface area contributed by atoms with Gasteiger partial charge in [-0.25, -0.2) is 4.98 Å². The predicted molar refractivity (Wildman–Crippen MR) is 134 cm³/mol. The Morgan fingerprint density at radius 3 is 2.34 bits per heavy atom. The Morgan fingerprint density at radius 1 is 1.05 bits per heavy atom. The molecule has 0 radical (unpaired) electrons. The number of nitrogens with one attached hydrogen (secondary N) is 1. The van der Waals surface area contributed by atoms with E-state index in [0.717, 1.165) is 24.6 Å². The summed E-state index contributed by atoms with van der Waals surface area (Å²) >= 11 is 0. The molecule has 0 bridgehead atoms. The van der Waals surface area contributed by atoms with Crippen molar-refractivity contribution in [1.82, 2.24) is 4.98 Å². The van der Waals surface area contributed by atoms with Crippen molar-refractivity contribution in [3.63, 3.8) is 0 Å². The van der Waals surface area contributed by atoms with E-state index in [0.29, 0.717) is 17.5 Å². The number of carbonyl (C=O) groups excluding carboxylic acids is 1. The Labute approximate surface area is 214 Å². The first kappa shape index (κ1) is 26.4. The van der Waals surface area contributed by atoms with E-state index in [2.05, 4.69) is 10.3 Å². The second-order valence-corrected chi connectivity index (χ2v) is 8.43. The van der Waals surface area contributed by atoms with E-state index in [1.165, 1.54) is 24.3 Å². The van der Waals surface area contributed by atoms with Gasteiger partial charge >= 0.3 is 6.18 Å². The number of halogens is 3. The number of hydrogen-bond acceptors (Lipinski definition) is 6. The number of non-ortho nitro benzene ring substituents is 1. The summed E-state index contributed by atoms with van der Waals surface area (Å²) in [6.07, 6.45) is -2.89. The van der Waals surface area contributed by atoms with Crippen molar-refractivity contribution in [2.24, 2.45) is 0 Å². The lowest BCUT2D eigenvalue weighted by Crippen LogP contribution is -2.11. The summed E-state index contributed by atoms with van der Waals surface area (Å²) < 4.78 is 45.1. The normalized spacial score (nSPS) is 11.4. The zero-order valence-corrected chi connectivity index (χ0v) is 20.1. The zero-order valence-electron chi connectivity index (χ0n) is 20.1. The number of oxazole rings is 1. The minimum atomic E-state index is -4.52. The third-order valence-electron chi connectivity index (χ3n) is 5.76. The van der Waals surface area contributed by atoms with Crippen molar-refractivity contribution in [3.8, 4) is 39.6 Å². The van der Waals surface area contributed by atoms with Crippen LogP contribution in [0.4, 0.5) is 24.7 Å². The zero-order chi connectivity index (χ0) is 27.4. The van der Waals surface area contributed by atoms with Gasteiger partial charge in [0.25, 0.3) is 5.69 Å². The van der Waals surface area contributed by atoms with Gasteiger partial charge in [0.15, 0.2) is 0 Å². The molecule has 0 saturated carbocycles. The fourth-order valence-corrected chi connectivity index (χ4v) is 3.83. The number of nitro groups is 1. The number of carbonyl (C=O) groups is 1. The van der Waals surface area contributed by atoms with Crippen LogP contribution < -0.4 is 5.32 Å². The maximum Gasteiger partial charge on any atom is 0.416 e. The van der Waals surface area contributed by atoms with Crippen molar-refractivity contribution in [3.05, 3.63) is 82.4 Å². The monoisotopic (exact) mass is 525 g/mol. The predicted octanol–water partition coefficient (Wildman–Crippen LogP) is 7.44. The van der Waals surface area contributed by atoms with Gasteiger partial charge in [-0.3, -0.25) is 20.2 Å². The number of rotatable bonds is 8. The number of hydrogen-bond donors (Lipinski definition) is 2. The van der Waals surface area contributed by atoms with Crippen LogP contribution in [-0.2, 0) is 11.0 Å². The summed E-state index contributed by atoms with van der Waals surface area (Å²) in [6, 6.07) is 14.6. The second kappa shape index (κ2) is 10.8. The van der Waals surface area contributed by atoms with Gasteiger partial charge in [-0.05, 0) is 36.2 Å². The third-order valence-corrected chi connectivity index (χ3v) is 5.76. The SMILES string of the molecule is CCCCC(=O)Nc1oc(-c2ccccc2-c2ccc([N+](=O)[O-])cc2O)nc1-c1ccc(C(F)(F)F)cc1. The van der Waals surface area contributed by atoms with E-state index >= 15 is 0 Å². The van der Waals surface area contributed by atoms with Gasteiger partial charge in [-0.1, -0.05) is 43.7 Å². The molecule has 3 aromatic carbocycles. The van der Waals surface area contributed by atoms with Crippen LogP contribution in [0.1, 0.15) is 31.7 Å². The van der Waals surface area contributed by atoms with Crippen LogP contribution in [0.5, 0.6) is 5.75 Å². The number of phenols is 1. The first-order valence-corrected chi connectivity index (χ1v) is 11.6. The molecular weight excluding hydrogens is 503 g/mol. The van der Waals surface area contributed by atoms with Crippen LogP contribution in [0.2, 0.25) is 0 Å². The number of anilines is 1. The number of benzene rings is 3. The van der Waals surface area contributed by atoms with E-state index in [1.807, 2.05) is 6.92 Å². The molecule has 0 saturated heterocycles. The van der Waals surface area contributed by atoms with E-state index < -0.39 is 16.7 Å². The Kier molecular flexibility index (Phi) is 7.47. The van der Waals surface area contributed by atoms with Crippen LogP contribution in [0.15, 0.2) is 71.1 Å². The molecule has 0 atom stereocenters. The molecule has 196 valence electrons. The molecule has 0 aliphatic heterocycles. The molecule has 0 unspecified atom stereocenters. The number of amides is 1. The molecule has 11 heteroatoms. The average Bonchev–Trinajstić information content (AvgIpc) is 3.30. The van der Waals surface area contributed by atoms with Crippen molar-refractivity contribution in [2.75, 3.05) is 5.32 Å². The fraction of sp³-hybridized carbons (Fsp3) is 0.185. The summed E-state index contributed by atoms with van der Waals surface area (Å²) in [7, 11) is 0. The second-order valence-electron chi connectivity index (χ2n) is 8.43. The van der Waals surface area contributed by atoms with Crippen LogP contribution >= 0.6 is 0 Å². The molecule has 1 aromatic heterocycles. The quantitative estimate of drug-likeness (QED) is 0.182. The molecule has 1 heterocycles. The first-order chi connectivity index (χ1) is 18.1. The van der Waals surface area contributed by atoms with E-state index in [4.69, 9.17) is 4.42 Å². The summed E-state index contributed by atoms with van der Waals surface area (Å²) in [4.78, 5) is 27.4. The van der Waals surface area contributed by atoms with Crippen LogP contribution in [-0.4, -0.2) is 20.9 Å². The molecule has 0 aliphatic carbocycles. The standard InChI is InChI=1S/C27H22F3N3O5/c1-2-3-8-23(35)31-26-24(16-9-11-17(12-10-16)27(28,29)30)32-25(38-26)21-7-5-4-6-19(21)20-14-13-18(33(36)37)15-22(20)34/h4-7,9-15,34H,2-3,8H2,1H3,(H,31,35). The molecule has 38 heavy (non-hydrogen) atoms. The largest absolute Gasteiger partial charge is 0.507 e. The van der Waals surface area contributed by atoms with Gasteiger partial charge in [0.2, 0.25) is 17.7 Å². The molecule has 0 spiro atoms. The van der Waals surface area contributed by atoms with Crippen LogP contribution in [0.3, 0.4) is 0 Å². The summed E-state index contributed by atoms with van der Waals surface area (Å²) in [5, 5.41) is 24.2.